The van der Waals surface area contributed by atoms with Gasteiger partial charge in [0.2, 0.25) is 0 Å². The zero-order chi connectivity index (χ0) is 14.7. The largest absolute Gasteiger partial charge is 0.508 e. The van der Waals surface area contributed by atoms with Crippen molar-refractivity contribution in [3.63, 3.8) is 0 Å². The van der Waals surface area contributed by atoms with Gasteiger partial charge >= 0.3 is 12.0 Å². The van der Waals surface area contributed by atoms with E-state index in [2.05, 4.69) is 5.10 Å². The Labute approximate surface area is 113 Å². The number of aliphatic carboxylic acids is 1. The first-order valence-corrected chi connectivity index (χ1v) is 5.64. The molecule has 0 aliphatic carbocycles. The second-order valence-electron chi connectivity index (χ2n) is 4.05. The van der Waals surface area contributed by atoms with Gasteiger partial charge in [0, 0.05) is 0 Å². The molecule has 1 saturated heterocycles. The summed E-state index contributed by atoms with van der Waals surface area (Å²) >= 11 is 0. The summed E-state index contributed by atoms with van der Waals surface area (Å²) in [6, 6.07) is 5.39. The number of aromatic hydroxyl groups is 1. The van der Waals surface area contributed by atoms with Crippen molar-refractivity contribution in [2.45, 2.75) is 0 Å². The number of phenols is 1. The zero-order valence-corrected chi connectivity index (χ0v) is 10.3. The Kier molecular flexibility index (Phi) is 3.65. The molecular formula is C12H11N3O5. The van der Waals surface area contributed by atoms with E-state index in [-0.39, 0.29) is 12.3 Å². The molecule has 0 aromatic heterocycles. The van der Waals surface area contributed by atoms with Crippen molar-refractivity contribution in [2.24, 2.45) is 5.10 Å². The van der Waals surface area contributed by atoms with Gasteiger partial charge in [-0.2, -0.15) is 5.10 Å². The summed E-state index contributed by atoms with van der Waals surface area (Å²) in [6.07, 6.45) is 1.30. The van der Waals surface area contributed by atoms with Gasteiger partial charge in [-0.3, -0.25) is 9.59 Å². The monoisotopic (exact) mass is 277 g/mol. The van der Waals surface area contributed by atoms with Crippen molar-refractivity contribution < 1.29 is 24.6 Å². The number of carbonyl (C=O) groups is 3. The van der Waals surface area contributed by atoms with Crippen LogP contribution in [0, 0.1) is 0 Å². The molecule has 20 heavy (non-hydrogen) atoms. The van der Waals surface area contributed by atoms with E-state index < -0.39 is 24.5 Å². The van der Waals surface area contributed by atoms with Crippen LogP contribution < -0.4 is 0 Å². The molecule has 8 nitrogen and oxygen atoms in total. The average Bonchev–Trinajstić information content (AvgIpc) is 2.64. The maximum Gasteiger partial charge on any atom is 0.348 e. The minimum atomic E-state index is -1.27. The highest BCUT2D eigenvalue weighted by molar-refractivity contribution is 6.04. The standard InChI is InChI=1S/C12H11N3O5/c16-9-3-1-2-8(4-9)5-13-15-6-10(17)14(12(15)20)7-11(18)19/h1-5,16H,6-7H2,(H,18,19)/b13-5+. The molecule has 2 N–H and O–H groups in total. The van der Waals surface area contributed by atoms with Crippen molar-refractivity contribution in [1.82, 2.24) is 9.91 Å². The summed E-state index contributed by atoms with van der Waals surface area (Å²) < 4.78 is 0. The molecule has 0 saturated carbocycles. The molecule has 1 fully saturated rings. The van der Waals surface area contributed by atoms with Gasteiger partial charge < -0.3 is 10.2 Å². The van der Waals surface area contributed by atoms with Crippen LogP contribution in [0.2, 0.25) is 0 Å². The maximum absolute atomic E-state index is 11.7. The number of amides is 3. The number of benzene rings is 1. The summed E-state index contributed by atoms with van der Waals surface area (Å²) in [5.41, 5.74) is 0.543. The fourth-order valence-electron chi connectivity index (χ4n) is 1.65. The second-order valence-corrected chi connectivity index (χ2v) is 4.05. The number of urea groups is 1. The van der Waals surface area contributed by atoms with Crippen LogP contribution in [0.5, 0.6) is 5.75 Å². The lowest BCUT2D eigenvalue weighted by Gasteiger charge is -2.10. The molecular weight excluding hydrogens is 266 g/mol. The van der Waals surface area contributed by atoms with E-state index in [4.69, 9.17) is 5.11 Å². The van der Waals surface area contributed by atoms with E-state index in [1.807, 2.05) is 0 Å². The van der Waals surface area contributed by atoms with Gasteiger partial charge in [-0.05, 0) is 17.7 Å². The van der Waals surface area contributed by atoms with Crippen LogP contribution in [-0.4, -0.2) is 57.3 Å². The Morgan fingerprint density at radius 2 is 2.15 bits per heavy atom. The Morgan fingerprint density at radius 1 is 1.40 bits per heavy atom. The molecule has 0 spiro atoms. The third kappa shape index (κ3) is 2.91. The molecule has 0 atom stereocenters. The van der Waals surface area contributed by atoms with E-state index >= 15 is 0 Å². The van der Waals surface area contributed by atoms with E-state index in [1.165, 1.54) is 18.3 Å². The van der Waals surface area contributed by atoms with Crippen molar-refractivity contribution in [1.29, 1.82) is 0 Å². The third-order valence-electron chi connectivity index (χ3n) is 2.55. The van der Waals surface area contributed by atoms with Crippen LogP contribution in [0.15, 0.2) is 29.4 Å². The van der Waals surface area contributed by atoms with Crippen LogP contribution in [0.4, 0.5) is 4.79 Å². The lowest BCUT2D eigenvalue weighted by Crippen LogP contribution is -2.35. The van der Waals surface area contributed by atoms with E-state index in [0.29, 0.717) is 10.5 Å². The molecule has 1 heterocycles. The average molecular weight is 277 g/mol. The number of rotatable bonds is 4. The molecule has 1 aliphatic heterocycles. The Balaban J connectivity index is 2.09. The molecule has 1 aromatic rings. The van der Waals surface area contributed by atoms with Gasteiger partial charge in [-0.25, -0.2) is 14.7 Å². The first-order valence-electron chi connectivity index (χ1n) is 5.64. The van der Waals surface area contributed by atoms with Crippen molar-refractivity contribution in [3.8, 4) is 5.75 Å². The van der Waals surface area contributed by atoms with Crippen LogP contribution in [-0.2, 0) is 9.59 Å². The van der Waals surface area contributed by atoms with E-state index in [1.54, 1.807) is 12.1 Å². The molecule has 2 rings (SSSR count). The molecule has 0 bridgehead atoms. The van der Waals surface area contributed by atoms with Crippen LogP contribution in [0.25, 0.3) is 0 Å². The molecule has 1 aliphatic rings. The highest BCUT2D eigenvalue weighted by Crippen LogP contribution is 2.12. The molecule has 1 aromatic carbocycles. The SMILES string of the molecule is O=C(O)CN1C(=O)CN(/N=C/c2cccc(O)c2)C1=O. The Morgan fingerprint density at radius 3 is 2.80 bits per heavy atom. The highest BCUT2D eigenvalue weighted by atomic mass is 16.4. The summed E-state index contributed by atoms with van der Waals surface area (Å²) in [5.74, 6) is -1.85. The predicted octanol–water partition coefficient (Wildman–Crippen LogP) is 0.0749. The minimum Gasteiger partial charge on any atom is -0.508 e. The maximum atomic E-state index is 11.7. The number of nitrogens with zero attached hydrogens (tertiary/aromatic N) is 3. The summed E-state index contributed by atoms with van der Waals surface area (Å²) in [5, 5.41) is 22.6. The fraction of sp³-hybridized carbons (Fsp3) is 0.167. The van der Waals surface area contributed by atoms with Crippen molar-refractivity contribution >= 4 is 24.1 Å². The number of carbonyl (C=O) groups excluding carboxylic acids is 2. The van der Waals surface area contributed by atoms with Crippen molar-refractivity contribution in [3.05, 3.63) is 29.8 Å². The van der Waals surface area contributed by atoms with Crippen molar-refractivity contribution in [2.75, 3.05) is 13.1 Å². The first kappa shape index (κ1) is 13.5. The second kappa shape index (κ2) is 5.39. The fourth-order valence-corrected chi connectivity index (χ4v) is 1.65. The molecule has 8 heteroatoms. The van der Waals surface area contributed by atoms with Gasteiger partial charge in [0.25, 0.3) is 5.91 Å². The number of hydrogen-bond donors (Lipinski definition) is 2. The van der Waals surface area contributed by atoms with Crippen LogP contribution in [0.1, 0.15) is 5.56 Å². The predicted molar refractivity (Wildman–Crippen MR) is 67.2 cm³/mol. The highest BCUT2D eigenvalue weighted by Gasteiger charge is 2.37. The van der Waals surface area contributed by atoms with E-state index in [0.717, 1.165) is 5.01 Å². The Hall–Kier alpha value is -2.90. The molecule has 104 valence electrons. The number of carboxylic acids is 1. The molecule has 0 radical (unpaired) electrons. The van der Waals surface area contributed by atoms with E-state index in [9.17, 15) is 19.5 Å². The smallest absolute Gasteiger partial charge is 0.348 e. The first-order chi connectivity index (χ1) is 9.47. The van der Waals surface area contributed by atoms with Gasteiger partial charge in [0.15, 0.2) is 0 Å². The minimum absolute atomic E-state index is 0.0466. The summed E-state index contributed by atoms with van der Waals surface area (Å²) in [4.78, 5) is 34.4. The number of carboxylic acid groups (broad SMARTS) is 1. The van der Waals surface area contributed by atoms with Gasteiger partial charge in [0.05, 0.1) is 6.21 Å². The number of imide groups is 1. The quantitative estimate of drug-likeness (QED) is 0.598. The van der Waals surface area contributed by atoms with Gasteiger partial charge in [-0.15, -0.1) is 0 Å². The summed E-state index contributed by atoms with van der Waals surface area (Å²) in [7, 11) is 0. The summed E-state index contributed by atoms with van der Waals surface area (Å²) in [6.45, 7) is -0.989. The number of phenolic OH excluding ortho intramolecular Hbond substituents is 1. The lowest BCUT2D eigenvalue weighted by atomic mass is 10.2. The van der Waals surface area contributed by atoms with Crippen LogP contribution in [0.3, 0.4) is 0 Å². The van der Waals surface area contributed by atoms with Gasteiger partial charge in [0.1, 0.15) is 18.8 Å². The molecule has 3 amide bonds. The lowest BCUT2D eigenvalue weighted by molar-refractivity contribution is -0.141. The third-order valence-corrected chi connectivity index (χ3v) is 2.55. The molecule has 0 unspecified atom stereocenters. The van der Waals surface area contributed by atoms with Crippen LogP contribution >= 0.6 is 0 Å². The zero-order valence-electron chi connectivity index (χ0n) is 10.3. The Bertz CT molecular complexity index is 599. The van der Waals surface area contributed by atoms with Gasteiger partial charge in [-0.1, -0.05) is 12.1 Å². The number of hydrazone groups is 1. The normalized spacial score (nSPS) is 15.4. The number of hydrogen-bond acceptors (Lipinski definition) is 5. The topological polar surface area (TPSA) is 111 Å².